The molecular weight excluding hydrogens is 210 g/mol. The maximum absolute atomic E-state index is 11.1. The van der Waals surface area contributed by atoms with Crippen LogP contribution in [-0.2, 0) is 5.60 Å². The van der Waals surface area contributed by atoms with Crippen LogP contribution in [0.4, 0.5) is 0 Å². The van der Waals surface area contributed by atoms with Gasteiger partial charge in [-0.25, -0.2) is 0 Å². The van der Waals surface area contributed by atoms with Gasteiger partial charge in [0.2, 0.25) is 0 Å². The zero-order chi connectivity index (χ0) is 12.1. The number of H-pyrrole nitrogens is 1. The molecule has 1 aliphatic carbocycles. The highest BCUT2D eigenvalue weighted by Crippen LogP contribution is 2.53. The van der Waals surface area contributed by atoms with Gasteiger partial charge in [0.15, 0.2) is 0 Å². The lowest BCUT2D eigenvalue weighted by Gasteiger charge is -2.37. The highest BCUT2D eigenvalue weighted by atomic mass is 16.3. The number of rotatable bonds is 1. The van der Waals surface area contributed by atoms with Gasteiger partial charge in [-0.3, -0.25) is 0 Å². The zero-order valence-corrected chi connectivity index (χ0v) is 10.5. The first-order valence-electron chi connectivity index (χ1n) is 6.34. The second kappa shape index (κ2) is 3.36. The van der Waals surface area contributed by atoms with E-state index in [4.69, 9.17) is 0 Å². The molecule has 1 unspecified atom stereocenters. The van der Waals surface area contributed by atoms with Gasteiger partial charge in [-0.2, -0.15) is 0 Å². The second-order valence-corrected chi connectivity index (χ2v) is 5.84. The molecule has 1 aromatic heterocycles. The van der Waals surface area contributed by atoms with Crippen molar-refractivity contribution in [3.63, 3.8) is 0 Å². The van der Waals surface area contributed by atoms with Gasteiger partial charge in [-0.1, -0.05) is 26.0 Å². The van der Waals surface area contributed by atoms with Crippen molar-refractivity contribution in [2.75, 3.05) is 0 Å². The van der Waals surface area contributed by atoms with Crippen LogP contribution in [0.15, 0.2) is 30.5 Å². The van der Waals surface area contributed by atoms with E-state index in [0.717, 1.165) is 35.7 Å². The third-order valence-electron chi connectivity index (χ3n) is 4.50. The highest BCUT2D eigenvalue weighted by Gasteiger charge is 2.49. The van der Waals surface area contributed by atoms with Crippen LogP contribution in [0, 0.1) is 5.41 Å². The Morgan fingerprint density at radius 3 is 2.71 bits per heavy atom. The van der Waals surface area contributed by atoms with Gasteiger partial charge in [0.1, 0.15) is 0 Å². The van der Waals surface area contributed by atoms with E-state index >= 15 is 0 Å². The van der Waals surface area contributed by atoms with Crippen molar-refractivity contribution in [2.24, 2.45) is 5.41 Å². The Balaban J connectivity index is 2.24. The molecule has 1 aliphatic rings. The minimum Gasteiger partial charge on any atom is -0.385 e. The topological polar surface area (TPSA) is 36.0 Å². The Morgan fingerprint density at radius 1 is 1.18 bits per heavy atom. The summed E-state index contributed by atoms with van der Waals surface area (Å²) in [6.45, 7) is 4.34. The Kier molecular flexibility index (Phi) is 2.14. The van der Waals surface area contributed by atoms with Gasteiger partial charge in [-0.05, 0) is 42.4 Å². The molecule has 1 heterocycles. The molecule has 1 aromatic carbocycles. The molecule has 17 heavy (non-hydrogen) atoms. The number of benzene rings is 1. The Bertz CT molecular complexity index is 555. The number of nitrogens with one attached hydrogen (secondary N) is 1. The summed E-state index contributed by atoms with van der Waals surface area (Å²) in [6, 6.07) is 8.23. The normalized spacial score (nSPS) is 27.7. The summed E-state index contributed by atoms with van der Waals surface area (Å²) in [4.78, 5) is 3.22. The van der Waals surface area contributed by atoms with Crippen LogP contribution in [0.2, 0.25) is 0 Å². The summed E-state index contributed by atoms with van der Waals surface area (Å²) in [6.07, 6.45) is 5.00. The van der Waals surface area contributed by atoms with E-state index in [2.05, 4.69) is 37.0 Å². The van der Waals surface area contributed by atoms with Crippen LogP contribution >= 0.6 is 0 Å². The van der Waals surface area contributed by atoms with Crippen molar-refractivity contribution in [1.82, 2.24) is 4.98 Å². The summed E-state index contributed by atoms with van der Waals surface area (Å²) in [7, 11) is 0. The van der Waals surface area contributed by atoms with Crippen molar-refractivity contribution in [1.29, 1.82) is 0 Å². The number of hydrogen-bond acceptors (Lipinski definition) is 1. The first kappa shape index (κ1) is 10.8. The monoisotopic (exact) mass is 229 g/mol. The van der Waals surface area contributed by atoms with Crippen molar-refractivity contribution in [3.8, 4) is 0 Å². The molecule has 2 nitrogen and oxygen atoms in total. The minimum atomic E-state index is -0.686. The largest absolute Gasteiger partial charge is 0.385 e. The standard InChI is InChI=1S/C15H19NO/c1-14(2)8-4-9-15(14,17)12-5-3-6-13-11(12)7-10-16-13/h3,5-7,10,16-17H,4,8-9H2,1-2H3. The van der Waals surface area contributed by atoms with E-state index in [-0.39, 0.29) is 5.41 Å². The van der Waals surface area contributed by atoms with Gasteiger partial charge in [0.25, 0.3) is 0 Å². The number of fused-ring (bicyclic) bond motifs is 1. The number of hydrogen-bond donors (Lipinski definition) is 2. The molecule has 0 aliphatic heterocycles. The average molecular weight is 229 g/mol. The third kappa shape index (κ3) is 1.37. The molecule has 2 aromatic rings. The third-order valence-corrected chi connectivity index (χ3v) is 4.50. The van der Waals surface area contributed by atoms with Crippen LogP contribution in [0.1, 0.15) is 38.7 Å². The Labute approximate surface area is 102 Å². The summed E-state index contributed by atoms with van der Waals surface area (Å²) in [5.41, 5.74) is 1.46. The Morgan fingerprint density at radius 2 is 2.00 bits per heavy atom. The minimum absolute atomic E-state index is 0.0431. The average Bonchev–Trinajstić information content (AvgIpc) is 2.84. The lowest BCUT2D eigenvalue weighted by Crippen LogP contribution is -2.37. The molecule has 0 amide bonds. The van der Waals surface area contributed by atoms with E-state index in [1.807, 2.05) is 12.3 Å². The fourth-order valence-electron chi connectivity index (χ4n) is 3.28. The first-order valence-corrected chi connectivity index (χ1v) is 6.34. The molecule has 2 N–H and O–H groups in total. The molecule has 1 atom stereocenters. The van der Waals surface area contributed by atoms with Crippen molar-refractivity contribution in [2.45, 2.75) is 38.7 Å². The molecule has 0 bridgehead atoms. The van der Waals surface area contributed by atoms with Crippen LogP contribution in [-0.4, -0.2) is 10.1 Å². The first-order chi connectivity index (χ1) is 8.05. The molecule has 0 saturated heterocycles. The van der Waals surface area contributed by atoms with Gasteiger partial charge in [-0.15, -0.1) is 0 Å². The molecule has 90 valence electrons. The summed E-state index contributed by atoms with van der Waals surface area (Å²) in [5.74, 6) is 0. The SMILES string of the molecule is CC1(C)CCCC1(O)c1cccc2[nH]ccc12. The smallest absolute Gasteiger partial charge is 0.0953 e. The molecular formula is C15H19NO. The van der Waals surface area contributed by atoms with Gasteiger partial charge in [0.05, 0.1) is 5.60 Å². The fourth-order valence-corrected chi connectivity index (χ4v) is 3.28. The van der Waals surface area contributed by atoms with Crippen LogP contribution in [0.3, 0.4) is 0 Å². The maximum atomic E-state index is 11.1. The number of aromatic amines is 1. The molecule has 1 saturated carbocycles. The maximum Gasteiger partial charge on any atom is 0.0953 e. The van der Waals surface area contributed by atoms with Gasteiger partial charge in [0, 0.05) is 17.1 Å². The highest BCUT2D eigenvalue weighted by molar-refractivity contribution is 5.84. The molecule has 1 fully saturated rings. The lowest BCUT2D eigenvalue weighted by molar-refractivity contribution is -0.0472. The summed E-state index contributed by atoms with van der Waals surface area (Å²) in [5, 5.41) is 12.3. The molecule has 2 heteroatoms. The van der Waals surface area contributed by atoms with E-state index in [1.165, 1.54) is 0 Å². The molecule has 3 rings (SSSR count). The van der Waals surface area contributed by atoms with E-state index in [1.54, 1.807) is 0 Å². The Hall–Kier alpha value is -1.28. The van der Waals surface area contributed by atoms with Crippen molar-refractivity contribution >= 4 is 10.9 Å². The fraction of sp³-hybridized carbons (Fsp3) is 0.467. The van der Waals surface area contributed by atoms with Crippen molar-refractivity contribution < 1.29 is 5.11 Å². The second-order valence-electron chi connectivity index (χ2n) is 5.84. The number of aromatic nitrogens is 1. The van der Waals surface area contributed by atoms with Crippen molar-refractivity contribution in [3.05, 3.63) is 36.0 Å². The molecule has 0 radical (unpaired) electrons. The summed E-state index contributed by atoms with van der Waals surface area (Å²) >= 11 is 0. The van der Waals surface area contributed by atoms with Crippen LogP contribution < -0.4 is 0 Å². The predicted molar refractivity (Wildman–Crippen MR) is 69.8 cm³/mol. The van der Waals surface area contributed by atoms with Gasteiger partial charge >= 0.3 is 0 Å². The molecule has 0 spiro atoms. The number of aliphatic hydroxyl groups is 1. The van der Waals surface area contributed by atoms with E-state index < -0.39 is 5.60 Å². The van der Waals surface area contributed by atoms with Crippen LogP contribution in [0.5, 0.6) is 0 Å². The van der Waals surface area contributed by atoms with Gasteiger partial charge < -0.3 is 10.1 Å². The predicted octanol–water partition coefficient (Wildman–Crippen LogP) is 3.57. The van der Waals surface area contributed by atoms with Crippen LogP contribution in [0.25, 0.3) is 10.9 Å². The van der Waals surface area contributed by atoms with E-state index in [9.17, 15) is 5.11 Å². The summed E-state index contributed by atoms with van der Waals surface area (Å²) < 4.78 is 0. The lowest BCUT2D eigenvalue weighted by atomic mass is 9.73. The zero-order valence-electron chi connectivity index (χ0n) is 10.5. The van der Waals surface area contributed by atoms with E-state index in [0.29, 0.717) is 0 Å². The quantitative estimate of drug-likeness (QED) is 0.770.